The third-order valence-corrected chi connectivity index (χ3v) is 5.57. The van der Waals surface area contributed by atoms with E-state index in [0.29, 0.717) is 25.5 Å². The minimum absolute atomic E-state index is 0.0466. The van der Waals surface area contributed by atoms with E-state index in [0.717, 1.165) is 30.3 Å². The SMILES string of the molecule is O=C(NCc1ccnc(N2CCCC2)c1)C1CN(c2cc(-n3cncn3)ncn2)C1. The summed E-state index contributed by atoms with van der Waals surface area (Å²) in [5.41, 5.74) is 1.07. The molecule has 3 aromatic rings. The number of rotatable bonds is 6. The molecule has 2 aliphatic rings. The normalized spacial score (nSPS) is 16.5. The van der Waals surface area contributed by atoms with Crippen molar-refractivity contribution in [2.24, 2.45) is 5.92 Å². The number of anilines is 2. The molecule has 2 aliphatic heterocycles. The van der Waals surface area contributed by atoms with Crippen molar-refractivity contribution in [3.05, 3.63) is 48.9 Å². The van der Waals surface area contributed by atoms with Gasteiger partial charge in [0.25, 0.3) is 0 Å². The predicted octanol–water partition coefficient (Wildman–Crippen LogP) is 0.805. The molecule has 5 rings (SSSR count). The van der Waals surface area contributed by atoms with Crippen molar-refractivity contribution >= 4 is 17.5 Å². The summed E-state index contributed by atoms with van der Waals surface area (Å²) in [7, 11) is 0. The van der Waals surface area contributed by atoms with Crippen molar-refractivity contribution in [1.82, 2.24) is 35.0 Å². The van der Waals surface area contributed by atoms with Crippen LogP contribution in [0.1, 0.15) is 18.4 Å². The Morgan fingerprint density at radius 2 is 1.80 bits per heavy atom. The van der Waals surface area contributed by atoms with Crippen LogP contribution in [0, 0.1) is 5.92 Å². The topological polar surface area (TPSA) is 105 Å². The lowest BCUT2D eigenvalue weighted by Gasteiger charge is -2.39. The van der Waals surface area contributed by atoms with E-state index in [9.17, 15) is 4.79 Å². The molecule has 10 heteroatoms. The fourth-order valence-corrected chi connectivity index (χ4v) is 3.82. The maximum absolute atomic E-state index is 12.6. The number of aromatic nitrogens is 6. The Kier molecular flexibility index (Phi) is 4.96. The molecule has 0 aliphatic carbocycles. The van der Waals surface area contributed by atoms with Gasteiger partial charge >= 0.3 is 0 Å². The van der Waals surface area contributed by atoms with Crippen LogP contribution < -0.4 is 15.1 Å². The molecule has 5 heterocycles. The second kappa shape index (κ2) is 8.05. The number of pyridine rings is 1. The quantitative estimate of drug-likeness (QED) is 0.642. The number of amides is 1. The van der Waals surface area contributed by atoms with E-state index in [1.165, 1.54) is 25.5 Å². The average molecular weight is 405 g/mol. The van der Waals surface area contributed by atoms with Gasteiger partial charge in [-0.1, -0.05) is 0 Å². The van der Waals surface area contributed by atoms with Crippen LogP contribution in [0.25, 0.3) is 5.82 Å². The first-order chi connectivity index (χ1) is 14.8. The number of nitrogens with zero attached hydrogens (tertiary/aromatic N) is 8. The first-order valence-electron chi connectivity index (χ1n) is 10.2. The van der Waals surface area contributed by atoms with Gasteiger partial charge in [0.2, 0.25) is 5.91 Å². The van der Waals surface area contributed by atoms with E-state index in [2.05, 4.69) is 46.2 Å². The minimum atomic E-state index is -0.0466. The Labute approximate surface area is 174 Å². The van der Waals surface area contributed by atoms with Crippen molar-refractivity contribution in [3.63, 3.8) is 0 Å². The molecule has 0 atom stereocenters. The van der Waals surface area contributed by atoms with E-state index in [1.807, 2.05) is 18.3 Å². The smallest absolute Gasteiger partial charge is 0.226 e. The summed E-state index contributed by atoms with van der Waals surface area (Å²) in [6.45, 7) is 3.90. The van der Waals surface area contributed by atoms with Crippen molar-refractivity contribution in [2.75, 3.05) is 36.0 Å². The molecule has 154 valence electrons. The number of hydrogen-bond acceptors (Lipinski definition) is 8. The highest BCUT2D eigenvalue weighted by atomic mass is 16.2. The summed E-state index contributed by atoms with van der Waals surface area (Å²) in [6, 6.07) is 5.88. The third kappa shape index (κ3) is 3.80. The molecule has 0 radical (unpaired) electrons. The van der Waals surface area contributed by atoms with Gasteiger partial charge in [-0.2, -0.15) is 5.10 Å². The van der Waals surface area contributed by atoms with E-state index >= 15 is 0 Å². The summed E-state index contributed by atoms with van der Waals surface area (Å²) < 4.78 is 1.58. The van der Waals surface area contributed by atoms with Gasteiger partial charge in [0.15, 0.2) is 5.82 Å². The van der Waals surface area contributed by atoms with Crippen molar-refractivity contribution in [1.29, 1.82) is 0 Å². The zero-order valence-corrected chi connectivity index (χ0v) is 16.6. The Bertz CT molecular complexity index is 1010. The van der Waals surface area contributed by atoms with Crippen LogP contribution in [0.2, 0.25) is 0 Å². The Hall–Kier alpha value is -3.56. The lowest BCUT2D eigenvalue weighted by atomic mass is 9.99. The first-order valence-corrected chi connectivity index (χ1v) is 10.2. The van der Waals surface area contributed by atoms with Crippen molar-refractivity contribution in [3.8, 4) is 5.82 Å². The van der Waals surface area contributed by atoms with Crippen LogP contribution in [0.3, 0.4) is 0 Å². The monoisotopic (exact) mass is 405 g/mol. The minimum Gasteiger partial charge on any atom is -0.357 e. The highest BCUT2D eigenvalue weighted by Crippen LogP contribution is 2.24. The molecule has 0 unspecified atom stereocenters. The summed E-state index contributed by atoms with van der Waals surface area (Å²) in [5.74, 6) is 2.45. The fourth-order valence-electron chi connectivity index (χ4n) is 3.82. The van der Waals surface area contributed by atoms with Crippen LogP contribution in [0.15, 0.2) is 43.4 Å². The van der Waals surface area contributed by atoms with Gasteiger partial charge in [-0.3, -0.25) is 4.79 Å². The van der Waals surface area contributed by atoms with Crippen LogP contribution in [-0.4, -0.2) is 61.8 Å². The molecule has 0 saturated carbocycles. The molecule has 10 nitrogen and oxygen atoms in total. The molecular formula is C20H23N9O. The van der Waals surface area contributed by atoms with E-state index in [-0.39, 0.29) is 11.8 Å². The highest BCUT2D eigenvalue weighted by molar-refractivity contribution is 5.81. The summed E-state index contributed by atoms with van der Waals surface area (Å²) in [6.07, 6.45) is 8.81. The van der Waals surface area contributed by atoms with Crippen LogP contribution in [0.5, 0.6) is 0 Å². The highest BCUT2D eigenvalue weighted by Gasteiger charge is 2.33. The average Bonchev–Trinajstić information content (AvgIpc) is 3.46. The summed E-state index contributed by atoms with van der Waals surface area (Å²) >= 11 is 0. The first kappa shape index (κ1) is 18.5. The Morgan fingerprint density at radius 1 is 1.00 bits per heavy atom. The Balaban J connectivity index is 1.14. The molecule has 1 amide bonds. The molecular weight excluding hydrogens is 382 g/mol. The molecule has 3 aromatic heterocycles. The van der Waals surface area contributed by atoms with Gasteiger partial charge in [-0.25, -0.2) is 24.6 Å². The number of carbonyl (C=O) groups excluding carboxylic acids is 1. The van der Waals surface area contributed by atoms with Crippen LogP contribution >= 0.6 is 0 Å². The molecule has 0 bridgehead atoms. The summed E-state index contributed by atoms with van der Waals surface area (Å²) in [5, 5.41) is 7.14. The lowest BCUT2D eigenvalue weighted by molar-refractivity contribution is -0.125. The second-order valence-electron chi connectivity index (χ2n) is 7.61. The molecule has 0 spiro atoms. The summed E-state index contributed by atoms with van der Waals surface area (Å²) in [4.78, 5) is 33.8. The maximum atomic E-state index is 12.6. The molecule has 30 heavy (non-hydrogen) atoms. The number of carbonyl (C=O) groups is 1. The van der Waals surface area contributed by atoms with Crippen LogP contribution in [0.4, 0.5) is 11.6 Å². The van der Waals surface area contributed by atoms with Gasteiger partial charge in [0, 0.05) is 45.0 Å². The molecule has 0 aromatic carbocycles. The largest absolute Gasteiger partial charge is 0.357 e. The van der Waals surface area contributed by atoms with Gasteiger partial charge < -0.3 is 15.1 Å². The van der Waals surface area contributed by atoms with E-state index in [4.69, 9.17) is 0 Å². The number of nitrogens with one attached hydrogen (secondary N) is 1. The van der Waals surface area contributed by atoms with E-state index < -0.39 is 0 Å². The van der Waals surface area contributed by atoms with E-state index in [1.54, 1.807) is 11.0 Å². The predicted molar refractivity (Wildman–Crippen MR) is 110 cm³/mol. The third-order valence-electron chi connectivity index (χ3n) is 5.57. The molecule has 2 fully saturated rings. The van der Waals surface area contributed by atoms with Gasteiger partial charge in [-0.15, -0.1) is 0 Å². The van der Waals surface area contributed by atoms with Gasteiger partial charge in [-0.05, 0) is 30.5 Å². The van der Waals surface area contributed by atoms with Gasteiger partial charge in [0.05, 0.1) is 5.92 Å². The van der Waals surface area contributed by atoms with Crippen LogP contribution in [-0.2, 0) is 11.3 Å². The zero-order chi connectivity index (χ0) is 20.3. The number of hydrogen-bond donors (Lipinski definition) is 1. The fraction of sp³-hybridized carbons (Fsp3) is 0.400. The van der Waals surface area contributed by atoms with Gasteiger partial charge in [0.1, 0.15) is 30.6 Å². The second-order valence-corrected chi connectivity index (χ2v) is 7.61. The zero-order valence-electron chi connectivity index (χ0n) is 16.6. The van der Waals surface area contributed by atoms with Crippen molar-refractivity contribution in [2.45, 2.75) is 19.4 Å². The lowest BCUT2D eigenvalue weighted by Crippen LogP contribution is -2.54. The molecule has 2 saturated heterocycles. The maximum Gasteiger partial charge on any atom is 0.226 e. The standard InChI is InChI=1S/C20H23N9O/c30-20(23-9-15-3-4-22-17(7-15)27-5-1-2-6-27)16-10-28(11-16)18-8-19(25-13-24-18)29-14-21-12-26-29/h3-4,7-8,12-14,16H,1-2,5-6,9-11H2,(H,23,30). The Morgan fingerprint density at radius 3 is 2.60 bits per heavy atom. The molecule has 1 N–H and O–H groups in total. The van der Waals surface area contributed by atoms with Crippen molar-refractivity contribution < 1.29 is 4.79 Å².